The Labute approximate surface area is 178 Å². The van der Waals surface area contributed by atoms with Gasteiger partial charge in [-0.15, -0.1) is 0 Å². The van der Waals surface area contributed by atoms with Gasteiger partial charge in [0.15, 0.2) is 0 Å². The smallest absolute Gasteiger partial charge is 0.341 e. The summed E-state index contributed by atoms with van der Waals surface area (Å²) in [5, 5.41) is 12.3. The summed E-state index contributed by atoms with van der Waals surface area (Å²) in [6, 6.07) is 7.21. The minimum Gasteiger partial charge on any atom is -0.341 e. The van der Waals surface area contributed by atoms with Crippen molar-refractivity contribution in [3.05, 3.63) is 41.9 Å². The van der Waals surface area contributed by atoms with Crippen molar-refractivity contribution in [3.8, 4) is 17.3 Å². The Balaban J connectivity index is 1.46. The van der Waals surface area contributed by atoms with Crippen LogP contribution >= 0.6 is 0 Å². The molecule has 2 fully saturated rings. The zero-order valence-electron chi connectivity index (χ0n) is 17.2. The molecule has 1 saturated carbocycles. The van der Waals surface area contributed by atoms with Crippen LogP contribution in [0.5, 0.6) is 0 Å². The van der Waals surface area contributed by atoms with E-state index in [4.69, 9.17) is 0 Å². The molecule has 1 aliphatic heterocycles. The highest BCUT2D eigenvalue weighted by Gasteiger charge is 2.43. The molecule has 0 spiro atoms. The number of H-pyrrole nitrogens is 1. The van der Waals surface area contributed by atoms with Gasteiger partial charge >= 0.3 is 6.18 Å². The molecule has 0 radical (unpaired) electrons. The predicted molar refractivity (Wildman–Crippen MR) is 107 cm³/mol. The number of aromatic nitrogens is 2. The first-order valence-corrected chi connectivity index (χ1v) is 10.4. The second-order valence-electron chi connectivity index (χ2n) is 8.53. The first-order chi connectivity index (χ1) is 14.7. The van der Waals surface area contributed by atoms with E-state index >= 15 is 0 Å². The topological polar surface area (TPSA) is 84.8 Å². The molecular formula is C22H24F3N5O. The Kier molecular flexibility index (Phi) is 5.52. The summed E-state index contributed by atoms with van der Waals surface area (Å²) < 4.78 is 39.0. The number of amides is 1. The number of carbonyl (C=O) groups excluding carboxylic acids is 1. The van der Waals surface area contributed by atoms with E-state index in [-0.39, 0.29) is 24.4 Å². The maximum Gasteiger partial charge on any atom is 0.416 e. The molecule has 1 aromatic heterocycles. The summed E-state index contributed by atoms with van der Waals surface area (Å²) >= 11 is 0. The van der Waals surface area contributed by atoms with Gasteiger partial charge in [-0.1, -0.05) is 12.1 Å². The van der Waals surface area contributed by atoms with Gasteiger partial charge < -0.3 is 10.3 Å². The molecule has 2 N–H and O–H groups in total. The number of benzene rings is 1. The number of rotatable bonds is 6. The first-order valence-electron chi connectivity index (χ1n) is 10.4. The zero-order chi connectivity index (χ0) is 22.2. The van der Waals surface area contributed by atoms with Crippen LogP contribution in [-0.4, -0.2) is 39.4 Å². The van der Waals surface area contributed by atoms with Crippen LogP contribution in [0, 0.1) is 17.2 Å². The SMILES string of the molecule is C[C@@](C#N)(NC(=O)CN1CCC[C@H]1c1ncc(-c2cccc(C(F)(F)F)c2)[nH]1)C1CC1. The number of nitriles is 1. The number of alkyl halides is 3. The maximum absolute atomic E-state index is 13.0. The lowest BCUT2D eigenvalue weighted by atomic mass is 9.98. The van der Waals surface area contributed by atoms with Crippen molar-refractivity contribution in [2.45, 2.75) is 50.4 Å². The molecule has 31 heavy (non-hydrogen) atoms. The van der Waals surface area contributed by atoms with Crippen LogP contribution < -0.4 is 5.32 Å². The van der Waals surface area contributed by atoms with E-state index in [1.54, 1.807) is 13.0 Å². The van der Waals surface area contributed by atoms with Gasteiger partial charge in [0.25, 0.3) is 0 Å². The van der Waals surface area contributed by atoms with E-state index in [0.29, 0.717) is 23.6 Å². The monoisotopic (exact) mass is 431 g/mol. The fourth-order valence-corrected chi connectivity index (χ4v) is 4.24. The predicted octanol–water partition coefficient (Wildman–Crippen LogP) is 4.04. The molecule has 4 rings (SSSR count). The average Bonchev–Trinajstić information content (AvgIpc) is 3.31. The summed E-state index contributed by atoms with van der Waals surface area (Å²) in [5.74, 6) is 0.631. The molecule has 0 unspecified atom stereocenters. The van der Waals surface area contributed by atoms with Gasteiger partial charge in [0.1, 0.15) is 11.4 Å². The Morgan fingerprint density at radius 1 is 1.35 bits per heavy atom. The third kappa shape index (κ3) is 4.59. The Morgan fingerprint density at radius 2 is 2.13 bits per heavy atom. The number of hydrogen-bond donors (Lipinski definition) is 2. The zero-order valence-corrected chi connectivity index (χ0v) is 17.2. The lowest BCUT2D eigenvalue weighted by molar-refractivity contribution is -0.137. The minimum atomic E-state index is -4.41. The van der Waals surface area contributed by atoms with Crippen LogP contribution in [-0.2, 0) is 11.0 Å². The van der Waals surface area contributed by atoms with Crippen molar-refractivity contribution < 1.29 is 18.0 Å². The Bertz CT molecular complexity index is 1010. The molecule has 0 bridgehead atoms. The number of aromatic amines is 1. The molecule has 164 valence electrons. The third-order valence-corrected chi connectivity index (χ3v) is 6.15. The molecule has 2 aromatic rings. The fraction of sp³-hybridized carbons (Fsp3) is 0.500. The summed E-state index contributed by atoms with van der Waals surface area (Å²) in [6.07, 6.45) is 0.688. The largest absolute Gasteiger partial charge is 0.416 e. The van der Waals surface area contributed by atoms with E-state index in [9.17, 15) is 23.2 Å². The van der Waals surface area contributed by atoms with Crippen LogP contribution in [0.15, 0.2) is 30.5 Å². The number of nitrogens with zero attached hydrogens (tertiary/aromatic N) is 3. The van der Waals surface area contributed by atoms with E-state index in [1.807, 2.05) is 4.90 Å². The summed E-state index contributed by atoms with van der Waals surface area (Å²) in [4.78, 5) is 22.1. The molecule has 9 heteroatoms. The molecule has 6 nitrogen and oxygen atoms in total. The second kappa shape index (κ2) is 8.00. The first kappa shape index (κ1) is 21.4. The van der Waals surface area contributed by atoms with Gasteiger partial charge in [-0.3, -0.25) is 9.69 Å². The van der Waals surface area contributed by atoms with Gasteiger partial charge in [-0.2, -0.15) is 18.4 Å². The third-order valence-electron chi connectivity index (χ3n) is 6.15. The van der Waals surface area contributed by atoms with Crippen LogP contribution in [0.2, 0.25) is 0 Å². The van der Waals surface area contributed by atoms with Gasteiger partial charge in [-0.25, -0.2) is 4.98 Å². The van der Waals surface area contributed by atoms with Crippen LogP contribution in [0.3, 0.4) is 0 Å². The molecule has 1 aromatic carbocycles. The van der Waals surface area contributed by atoms with Crippen molar-refractivity contribution in [2.75, 3.05) is 13.1 Å². The van der Waals surface area contributed by atoms with Gasteiger partial charge in [0, 0.05) is 5.56 Å². The molecule has 1 saturated heterocycles. The summed E-state index contributed by atoms with van der Waals surface area (Å²) in [7, 11) is 0. The van der Waals surface area contributed by atoms with Crippen LogP contribution in [0.4, 0.5) is 13.2 Å². The number of halogens is 3. The second-order valence-corrected chi connectivity index (χ2v) is 8.53. The fourth-order valence-electron chi connectivity index (χ4n) is 4.24. The number of carbonyl (C=O) groups is 1. The Morgan fingerprint density at radius 3 is 2.81 bits per heavy atom. The summed E-state index contributed by atoms with van der Waals surface area (Å²) in [5.41, 5.74) is -0.641. The van der Waals surface area contributed by atoms with Gasteiger partial charge in [0.2, 0.25) is 5.91 Å². The van der Waals surface area contributed by atoms with Crippen molar-refractivity contribution in [2.24, 2.45) is 5.92 Å². The normalized spacial score (nSPS) is 21.5. The lowest BCUT2D eigenvalue weighted by Crippen LogP contribution is -2.50. The van der Waals surface area contributed by atoms with E-state index in [1.165, 1.54) is 12.3 Å². The molecular weight excluding hydrogens is 407 g/mol. The standard InChI is InChI=1S/C22H24F3N5O/c1-21(13-26,15-7-8-15)29-19(31)12-30-9-3-6-18(30)20-27-11-17(28-20)14-4-2-5-16(10-14)22(23,24)25/h2,4-5,10-11,15,18H,3,6-9,12H2,1H3,(H,27,28)(H,29,31)/t18-,21-/m0/s1. The highest BCUT2D eigenvalue weighted by Crippen LogP contribution is 2.39. The maximum atomic E-state index is 13.0. The van der Waals surface area contributed by atoms with Crippen LogP contribution in [0.1, 0.15) is 50.0 Å². The van der Waals surface area contributed by atoms with E-state index in [2.05, 4.69) is 21.4 Å². The van der Waals surface area contributed by atoms with Gasteiger partial charge in [-0.05, 0) is 57.2 Å². The van der Waals surface area contributed by atoms with E-state index < -0.39 is 17.3 Å². The molecule has 1 aliphatic carbocycles. The average molecular weight is 431 g/mol. The molecule has 2 atom stereocenters. The number of nitrogens with one attached hydrogen (secondary N) is 2. The lowest BCUT2D eigenvalue weighted by Gasteiger charge is -2.27. The van der Waals surface area contributed by atoms with E-state index in [0.717, 1.165) is 37.8 Å². The van der Waals surface area contributed by atoms with Gasteiger partial charge in [0.05, 0.1) is 36.1 Å². The number of imidazole rings is 1. The quantitative estimate of drug-likeness (QED) is 0.723. The highest BCUT2D eigenvalue weighted by molar-refractivity contribution is 5.79. The number of likely N-dealkylation sites (tertiary alicyclic amines) is 1. The number of hydrogen-bond acceptors (Lipinski definition) is 4. The molecule has 1 amide bonds. The van der Waals surface area contributed by atoms with Crippen molar-refractivity contribution >= 4 is 5.91 Å². The van der Waals surface area contributed by atoms with Crippen LogP contribution in [0.25, 0.3) is 11.3 Å². The highest BCUT2D eigenvalue weighted by atomic mass is 19.4. The molecule has 2 heterocycles. The van der Waals surface area contributed by atoms with Crippen molar-refractivity contribution in [1.82, 2.24) is 20.2 Å². The minimum absolute atomic E-state index is 0.125. The molecule has 2 aliphatic rings. The van der Waals surface area contributed by atoms with Crippen molar-refractivity contribution in [1.29, 1.82) is 5.26 Å². The Hall–Kier alpha value is -2.86. The van der Waals surface area contributed by atoms with Crippen molar-refractivity contribution in [3.63, 3.8) is 0 Å². The summed E-state index contributed by atoms with van der Waals surface area (Å²) in [6.45, 7) is 2.62.